The number of esters is 1. The minimum atomic E-state index is -0.501. The van der Waals surface area contributed by atoms with Gasteiger partial charge >= 0.3 is 5.97 Å². The smallest absolute Gasteiger partial charge is 0.360 e. The minimum absolute atomic E-state index is 0.0668. The van der Waals surface area contributed by atoms with Gasteiger partial charge in [-0.3, -0.25) is 0 Å². The average molecular weight is 265 g/mol. The zero-order chi connectivity index (χ0) is 14.0. The van der Waals surface area contributed by atoms with Gasteiger partial charge in [0.1, 0.15) is 6.54 Å². The van der Waals surface area contributed by atoms with Crippen molar-refractivity contribution in [2.24, 2.45) is 0 Å². The quantitative estimate of drug-likeness (QED) is 0.758. The van der Waals surface area contributed by atoms with E-state index in [1.165, 1.54) is 7.11 Å². The Balaban J connectivity index is 2.35. The summed E-state index contributed by atoms with van der Waals surface area (Å²) in [5.41, 5.74) is 0.909. The number of aryl methyl sites for hydroxylation is 1. The topological polar surface area (TPSA) is 95.9 Å². The molecule has 2 aromatic rings. The molecule has 2 heterocycles. The molecule has 0 aliphatic carbocycles. The molecule has 8 nitrogen and oxygen atoms in total. The lowest BCUT2D eigenvalue weighted by molar-refractivity contribution is 0.0592. The van der Waals surface area contributed by atoms with Crippen LogP contribution in [0.2, 0.25) is 0 Å². The third-order valence-electron chi connectivity index (χ3n) is 2.56. The molecule has 0 bridgehead atoms. The zero-order valence-corrected chi connectivity index (χ0v) is 11.2. The van der Waals surface area contributed by atoms with Crippen LogP contribution in [-0.2, 0) is 11.3 Å². The molecule has 0 amide bonds. The maximum absolute atomic E-state index is 11.6. The van der Waals surface area contributed by atoms with Crippen molar-refractivity contribution >= 4 is 5.97 Å². The SMILES string of the molecule is COC(=O)c1nnn(Cc2noc(C)n2)c1C(C)C. The minimum Gasteiger partial charge on any atom is -0.464 e. The predicted octanol–water partition coefficient (Wildman–Crippen LogP) is 0.928. The largest absolute Gasteiger partial charge is 0.464 e. The summed E-state index contributed by atoms with van der Waals surface area (Å²) in [6, 6.07) is 0. The molecule has 0 aliphatic heterocycles. The Morgan fingerprint density at radius 3 is 2.74 bits per heavy atom. The first kappa shape index (κ1) is 13.2. The van der Waals surface area contributed by atoms with Gasteiger partial charge in [0.2, 0.25) is 5.89 Å². The molecule has 0 saturated carbocycles. The average Bonchev–Trinajstić information content (AvgIpc) is 2.95. The van der Waals surface area contributed by atoms with Crippen LogP contribution in [0.5, 0.6) is 0 Å². The van der Waals surface area contributed by atoms with Crippen molar-refractivity contribution in [1.82, 2.24) is 25.1 Å². The third-order valence-corrected chi connectivity index (χ3v) is 2.56. The molecule has 0 aromatic carbocycles. The Hall–Kier alpha value is -2.25. The first-order chi connectivity index (χ1) is 9.02. The summed E-state index contributed by atoms with van der Waals surface area (Å²) in [7, 11) is 1.31. The van der Waals surface area contributed by atoms with Gasteiger partial charge < -0.3 is 9.26 Å². The molecule has 2 rings (SSSR count). The van der Waals surface area contributed by atoms with Gasteiger partial charge in [-0.1, -0.05) is 24.2 Å². The van der Waals surface area contributed by atoms with Crippen molar-refractivity contribution in [3.63, 3.8) is 0 Å². The van der Waals surface area contributed by atoms with Crippen LogP contribution in [0.3, 0.4) is 0 Å². The third kappa shape index (κ3) is 2.61. The van der Waals surface area contributed by atoms with Gasteiger partial charge in [-0.25, -0.2) is 9.48 Å². The molecule has 0 aliphatic rings. The molecule has 0 spiro atoms. The molecule has 0 radical (unpaired) electrons. The summed E-state index contributed by atoms with van der Waals surface area (Å²) in [6.07, 6.45) is 0. The molecule has 0 saturated heterocycles. The lowest BCUT2D eigenvalue weighted by Crippen LogP contribution is -2.12. The van der Waals surface area contributed by atoms with Crippen LogP contribution in [0.15, 0.2) is 4.52 Å². The lowest BCUT2D eigenvalue weighted by Gasteiger charge is -2.08. The molecular formula is C11H15N5O3. The fraction of sp³-hybridized carbons (Fsp3) is 0.545. The number of aromatic nitrogens is 5. The Morgan fingerprint density at radius 2 is 2.21 bits per heavy atom. The van der Waals surface area contributed by atoms with E-state index in [4.69, 9.17) is 9.26 Å². The van der Waals surface area contributed by atoms with E-state index in [1.54, 1.807) is 11.6 Å². The number of nitrogens with zero attached hydrogens (tertiary/aromatic N) is 5. The maximum Gasteiger partial charge on any atom is 0.360 e. The highest BCUT2D eigenvalue weighted by Crippen LogP contribution is 2.18. The van der Waals surface area contributed by atoms with Gasteiger partial charge in [0.25, 0.3) is 0 Å². The number of hydrogen-bond donors (Lipinski definition) is 0. The van der Waals surface area contributed by atoms with Gasteiger partial charge in [-0.05, 0) is 5.92 Å². The van der Waals surface area contributed by atoms with E-state index in [2.05, 4.69) is 20.5 Å². The van der Waals surface area contributed by atoms with Gasteiger partial charge in [0.05, 0.1) is 12.8 Å². The summed E-state index contributed by atoms with van der Waals surface area (Å²) in [6.45, 7) is 5.90. The van der Waals surface area contributed by atoms with Crippen LogP contribution < -0.4 is 0 Å². The Bertz CT molecular complexity index is 587. The fourth-order valence-corrected chi connectivity index (χ4v) is 1.79. The fourth-order valence-electron chi connectivity index (χ4n) is 1.79. The lowest BCUT2D eigenvalue weighted by atomic mass is 10.1. The standard InChI is InChI=1S/C11H15N5O3/c1-6(2)10-9(11(17)18-4)13-15-16(10)5-8-12-7(3)19-14-8/h6H,5H2,1-4H3. The number of methoxy groups -OCH3 is 1. The summed E-state index contributed by atoms with van der Waals surface area (Å²) in [5, 5.41) is 11.6. The van der Waals surface area contributed by atoms with Gasteiger partial charge in [-0.2, -0.15) is 4.98 Å². The van der Waals surface area contributed by atoms with Crippen LogP contribution in [-0.4, -0.2) is 38.2 Å². The van der Waals surface area contributed by atoms with Crippen molar-refractivity contribution in [1.29, 1.82) is 0 Å². The zero-order valence-electron chi connectivity index (χ0n) is 11.2. The van der Waals surface area contributed by atoms with E-state index in [0.29, 0.717) is 24.0 Å². The van der Waals surface area contributed by atoms with Crippen molar-refractivity contribution < 1.29 is 14.1 Å². The summed E-state index contributed by atoms with van der Waals surface area (Å²) in [4.78, 5) is 15.7. The number of rotatable bonds is 4. The molecular weight excluding hydrogens is 250 g/mol. The van der Waals surface area contributed by atoms with Crippen LogP contribution in [0, 0.1) is 6.92 Å². The molecule has 0 unspecified atom stereocenters. The molecule has 8 heteroatoms. The number of carbonyl (C=O) groups excluding carboxylic acids is 1. The summed E-state index contributed by atoms with van der Waals surface area (Å²) in [5.74, 6) is 0.534. The number of ether oxygens (including phenoxy) is 1. The molecule has 0 atom stereocenters. The van der Waals surface area contributed by atoms with Gasteiger partial charge in [0, 0.05) is 6.92 Å². The van der Waals surface area contributed by atoms with Gasteiger partial charge in [-0.15, -0.1) is 5.10 Å². The molecule has 19 heavy (non-hydrogen) atoms. The Morgan fingerprint density at radius 1 is 1.47 bits per heavy atom. The van der Waals surface area contributed by atoms with Crippen molar-refractivity contribution in [2.45, 2.75) is 33.2 Å². The van der Waals surface area contributed by atoms with E-state index in [1.807, 2.05) is 13.8 Å². The molecule has 2 aromatic heterocycles. The highest BCUT2D eigenvalue weighted by atomic mass is 16.5. The monoisotopic (exact) mass is 265 g/mol. The van der Waals surface area contributed by atoms with Crippen molar-refractivity contribution in [3.8, 4) is 0 Å². The van der Waals surface area contributed by atoms with Crippen LogP contribution in [0.1, 0.15) is 47.7 Å². The summed E-state index contributed by atoms with van der Waals surface area (Å²) < 4.78 is 11.2. The van der Waals surface area contributed by atoms with E-state index in [-0.39, 0.29) is 11.6 Å². The highest BCUT2D eigenvalue weighted by molar-refractivity contribution is 5.88. The van der Waals surface area contributed by atoms with Crippen LogP contribution >= 0.6 is 0 Å². The number of carbonyl (C=O) groups is 1. The van der Waals surface area contributed by atoms with E-state index in [0.717, 1.165) is 0 Å². The first-order valence-electron chi connectivity index (χ1n) is 5.83. The second-order valence-electron chi connectivity index (χ2n) is 4.36. The maximum atomic E-state index is 11.6. The first-order valence-corrected chi connectivity index (χ1v) is 5.83. The molecule has 0 fully saturated rings. The van der Waals surface area contributed by atoms with E-state index < -0.39 is 5.97 Å². The van der Waals surface area contributed by atoms with E-state index >= 15 is 0 Å². The van der Waals surface area contributed by atoms with Crippen molar-refractivity contribution in [2.75, 3.05) is 7.11 Å². The Labute approximate surface area is 109 Å². The summed E-state index contributed by atoms with van der Waals surface area (Å²) >= 11 is 0. The second kappa shape index (κ2) is 5.17. The van der Waals surface area contributed by atoms with Crippen LogP contribution in [0.25, 0.3) is 0 Å². The van der Waals surface area contributed by atoms with E-state index in [9.17, 15) is 4.79 Å². The van der Waals surface area contributed by atoms with Gasteiger partial charge in [0.15, 0.2) is 11.5 Å². The second-order valence-corrected chi connectivity index (χ2v) is 4.36. The Kier molecular flexibility index (Phi) is 3.59. The highest BCUT2D eigenvalue weighted by Gasteiger charge is 2.23. The number of hydrogen-bond acceptors (Lipinski definition) is 7. The normalized spacial score (nSPS) is 11.0. The molecule has 102 valence electrons. The van der Waals surface area contributed by atoms with Crippen LogP contribution in [0.4, 0.5) is 0 Å². The molecule has 0 N–H and O–H groups in total. The van der Waals surface area contributed by atoms with Crippen molar-refractivity contribution in [3.05, 3.63) is 23.1 Å². The predicted molar refractivity (Wildman–Crippen MR) is 63.6 cm³/mol.